The predicted molar refractivity (Wildman–Crippen MR) is 85.2 cm³/mol. The van der Waals surface area contributed by atoms with Gasteiger partial charge in [0.25, 0.3) is 0 Å². The standard InChI is InChI=1S/C17H19N3O2/c1-12(14-7-3-2-4-8-14)20-17(22)19-11-13-6-5-9-15(10-13)16(18)21/h2-10,12H,11H2,1H3,(H2,18,21)(H2,19,20,22)/t12-/m1/s1. The van der Waals surface area contributed by atoms with Crippen LogP contribution in [0.3, 0.4) is 0 Å². The van der Waals surface area contributed by atoms with Crippen LogP contribution >= 0.6 is 0 Å². The highest BCUT2D eigenvalue weighted by molar-refractivity contribution is 5.92. The maximum Gasteiger partial charge on any atom is 0.315 e. The number of benzene rings is 2. The summed E-state index contributed by atoms with van der Waals surface area (Å²) in [5.41, 5.74) is 7.51. The topological polar surface area (TPSA) is 84.2 Å². The smallest absolute Gasteiger partial charge is 0.315 e. The molecule has 0 unspecified atom stereocenters. The highest BCUT2D eigenvalue weighted by atomic mass is 16.2. The van der Waals surface area contributed by atoms with Crippen LogP contribution in [0.1, 0.15) is 34.5 Å². The molecule has 0 fully saturated rings. The van der Waals surface area contributed by atoms with Crippen molar-refractivity contribution in [1.82, 2.24) is 10.6 Å². The number of hydrogen-bond acceptors (Lipinski definition) is 2. The molecule has 0 saturated carbocycles. The van der Waals surface area contributed by atoms with E-state index in [1.54, 1.807) is 18.2 Å². The van der Waals surface area contributed by atoms with Crippen molar-refractivity contribution in [2.45, 2.75) is 19.5 Å². The van der Waals surface area contributed by atoms with E-state index < -0.39 is 5.91 Å². The molecule has 5 heteroatoms. The molecule has 0 aliphatic heterocycles. The van der Waals surface area contributed by atoms with E-state index in [4.69, 9.17) is 5.73 Å². The lowest BCUT2D eigenvalue weighted by molar-refractivity contribution is 0.1000. The normalized spacial score (nSPS) is 11.5. The van der Waals surface area contributed by atoms with E-state index >= 15 is 0 Å². The number of rotatable bonds is 5. The average Bonchev–Trinajstić information content (AvgIpc) is 2.54. The van der Waals surface area contributed by atoms with Crippen molar-refractivity contribution < 1.29 is 9.59 Å². The summed E-state index contributed by atoms with van der Waals surface area (Å²) in [7, 11) is 0. The lowest BCUT2D eigenvalue weighted by Gasteiger charge is -2.15. The van der Waals surface area contributed by atoms with Crippen LogP contribution in [-0.2, 0) is 6.54 Å². The summed E-state index contributed by atoms with van der Waals surface area (Å²) in [5, 5.41) is 5.63. The number of carbonyl (C=O) groups is 2. The van der Waals surface area contributed by atoms with Crippen molar-refractivity contribution in [2.24, 2.45) is 5.73 Å². The van der Waals surface area contributed by atoms with Gasteiger partial charge in [0.05, 0.1) is 6.04 Å². The number of nitrogens with two attached hydrogens (primary N) is 1. The van der Waals surface area contributed by atoms with Crippen LogP contribution in [-0.4, -0.2) is 11.9 Å². The van der Waals surface area contributed by atoms with Crippen LogP contribution in [0.2, 0.25) is 0 Å². The molecule has 2 aromatic rings. The molecule has 0 saturated heterocycles. The molecule has 22 heavy (non-hydrogen) atoms. The van der Waals surface area contributed by atoms with E-state index in [2.05, 4.69) is 10.6 Å². The number of amides is 3. The number of hydrogen-bond donors (Lipinski definition) is 3. The average molecular weight is 297 g/mol. The molecular formula is C17H19N3O2. The van der Waals surface area contributed by atoms with Crippen LogP contribution in [0.25, 0.3) is 0 Å². The fourth-order valence-electron chi connectivity index (χ4n) is 2.09. The van der Waals surface area contributed by atoms with Gasteiger partial charge in [0.1, 0.15) is 0 Å². The maximum absolute atomic E-state index is 11.9. The Balaban J connectivity index is 1.88. The zero-order valence-electron chi connectivity index (χ0n) is 12.4. The molecule has 114 valence electrons. The van der Waals surface area contributed by atoms with Crippen molar-refractivity contribution in [3.63, 3.8) is 0 Å². The Bertz CT molecular complexity index is 656. The minimum atomic E-state index is -0.482. The van der Waals surface area contributed by atoms with Gasteiger partial charge in [-0.15, -0.1) is 0 Å². The molecule has 0 bridgehead atoms. The third-order valence-corrected chi connectivity index (χ3v) is 3.31. The first-order chi connectivity index (χ1) is 10.6. The molecule has 2 aromatic carbocycles. The molecule has 0 spiro atoms. The van der Waals surface area contributed by atoms with Crippen molar-refractivity contribution in [1.29, 1.82) is 0 Å². The van der Waals surface area contributed by atoms with E-state index in [1.165, 1.54) is 0 Å². The predicted octanol–water partition coefficient (Wildman–Crippen LogP) is 2.35. The summed E-state index contributed by atoms with van der Waals surface area (Å²) in [5.74, 6) is -0.482. The van der Waals surface area contributed by atoms with Gasteiger partial charge < -0.3 is 16.4 Å². The van der Waals surface area contributed by atoms with E-state index in [0.717, 1.165) is 11.1 Å². The van der Waals surface area contributed by atoms with Crippen LogP contribution in [0.4, 0.5) is 4.79 Å². The Morgan fingerprint density at radius 2 is 1.82 bits per heavy atom. The Morgan fingerprint density at radius 1 is 1.09 bits per heavy atom. The first-order valence-electron chi connectivity index (χ1n) is 7.04. The fraction of sp³-hybridized carbons (Fsp3) is 0.176. The van der Waals surface area contributed by atoms with Crippen LogP contribution in [0.5, 0.6) is 0 Å². The van der Waals surface area contributed by atoms with Crippen molar-refractivity contribution in [3.8, 4) is 0 Å². The summed E-state index contributed by atoms with van der Waals surface area (Å²) >= 11 is 0. The Morgan fingerprint density at radius 3 is 2.50 bits per heavy atom. The van der Waals surface area contributed by atoms with E-state index in [9.17, 15) is 9.59 Å². The van der Waals surface area contributed by atoms with E-state index in [0.29, 0.717) is 12.1 Å². The molecule has 0 aromatic heterocycles. The molecule has 4 N–H and O–H groups in total. The third-order valence-electron chi connectivity index (χ3n) is 3.31. The monoisotopic (exact) mass is 297 g/mol. The summed E-state index contributed by atoms with van der Waals surface area (Å²) < 4.78 is 0. The van der Waals surface area contributed by atoms with Crippen molar-refractivity contribution in [3.05, 3.63) is 71.3 Å². The molecule has 1 atom stereocenters. The highest BCUT2D eigenvalue weighted by Crippen LogP contribution is 2.10. The minimum absolute atomic E-state index is 0.0850. The first kappa shape index (κ1) is 15.6. The van der Waals surface area contributed by atoms with Gasteiger partial charge in [-0.2, -0.15) is 0 Å². The third kappa shape index (κ3) is 4.34. The molecule has 5 nitrogen and oxygen atoms in total. The van der Waals surface area contributed by atoms with Crippen molar-refractivity contribution in [2.75, 3.05) is 0 Å². The Hall–Kier alpha value is -2.82. The molecule has 0 aliphatic rings. The zero-order chi connectivity index (χ0) is 15.9. The number of primary amides is 1. The van der Waals surface area contributed by atoms with Crippen molar-refractivity contribution >= 4 is 11.9 Å². The molecule has 3 amide bonds. The summed E-state index contributed by atoms with van der Waals surface area (Å²) in [6, 6.07) is 16.2. The lowest BCUT2D eigenvalue weighted by atomic mass is 10.1. The summed E-state index contributed by atoms with van der Waals surface area (Å²) in [4.78, 5) is 23.0. The van der Waals surface area contributed by atoms with Gasteiger partial charge in [-0.3, -0.25) is 4.79 Å². The molecule has 0 radical (unpaired) electrons. The van der Waals surface area contributed by atoms with Gasteiger partial charge in [-0.05, 0) is 30.2 Å². The molecule has 0 aliphatic carbocycles. The molecule has 2 rings (SSSR count). The highest BCUT2D eigenvalue weighted by Gasteiger charge is 2.09. The Kier molecular flexibility index (Phi) is 5.14. The first-order valence-corrected chi connectivity index (χ1v) is 7.04. The van der Waals surface area contributed by atoms with Gasteiger partial charge in [-0.25, -0.2) is 4.79 Å². The van der Waals surface area contributed by atoms with Gasteiger partial charge in [0.15, 0.2) is 0 Å². The van der Waals surface area contributed by atoms with Gasteiger partial charge in [0, 0.05) is 12.1 Å². The maximum atomic E-state index is 11.9. The molecule has 0 heterocycles. The SMILES string of the molecule is C[C@@H](NC(=O)NCc1cccc(C(N)=O)c1)c1ccccc1. The second kappa shape index (κ2) is 7.26. The van der Waals surface area contributed by atoms with Gasteiger partial charge in [-0.1, -0.05) is 42.5 Å². The summed E-state index contributed by atoms with van der Waals surface area (Å²) in [6.07, 6.45) is 0. The quantitative estimate of drug-likeness (QED) is 0.791. The summed E-state index contributed by atoms with van der Waals surface area (Å²) in [6.45, 7) is 2.25. The minimum Gasteiger partial charge on any atom is -0.366 e. The van der Waals surface area contributed by atoms with Gasteiger partial charge >= 0.3 is 6.03 Å². The van der Waals surface area contributed by atoms with Crippen LogP contribution in [0, 0.1) is 0 Å². The Labute approximate surface area is 129 Å². The molecular weight excluding hydrogens is 278 g/mol. The fourth-order valence-corrected chi connectivity index (χ4v) is 2.09. The second-order valence-electron chi connectivity index (χ2n) is 5.02. The van der Waals surface area contributed by atoms with Crippen LogP contribution in [0.15, 0.2) is 54.6 Å². The van der Waals surface area contributed by atoms with Gasteiger partial charge in [0.2, 0.25) is 5.91 Å². The number of urea groups is 1. The number of carbonyl (C=O) groups excluding carboxylic acids is 2. The lowest BCUT2D eigenvalue weighted by Crippen LogP contribution is -2.36. The van der Waals surface area contributed by atoms with Crippen LogP contribution < -0.4 is 16.4 Å². The van der Waals surface area contributed by atoms with E-state index in [-0.39, 0.29) is 12.1 Å². The number of nitrogens with one attached hydrogen (secondary N) is 2. The second-order valence-corrected chi connectivity index (χ2v) is 5.02. The largest absolute Gasteiger partial charge is 0.366 e. The van der Waals surface area contributed by atoms with E-state index in [1.807, 2.05) is 43.3 Å². The zero-order valence-corrected chi connectivity index (χ0v) is 12.4.